The third kappa shape index (κ3) is 3.26. The zero-order valence-corrected chi connectivity index (χ0v) is 14.1. The molecule has 1 unspecified atom stereocenters. The maximum atomic E-state index is 15.3. The van der Waals surface area contributed by atoms with Crippen LogP contribution in [-0.4, -0.2) is 29.8 Å². The Labute approximate surface area is 147 Å². The Hall–Kier alpha value is -2.36. The van der Waals surface area contributed by atoms with Crippen molar-refractivity contribution in [2.24, 2.45) is 11.8 Å². The molecule has 2 aromatic carbocycles. The molecular formula is C21H22FNO2. The summed E-state index contributed by atoms with van der Waals surface area (Å²) in [6, 6.07) is 19.4. The number of hydrogen-bond donors (Lipinski definition) is 0. The molecule has 1 aliphatic carbocycles. The van der Waals surface area contributed by atoms with Crippen LogP contribution in [0.4, 0.5) is 9.18 Å². The van der Waals surface area contributed by atoms with Crippen LogP contribution in [0.15, 0.2) is 60.7 Å². The van der Waals surface area contributed by atoms with Crippen molar-refractivity contribution in [3.8, 4) is 0 Å². The SMILES string of the molecule is O=C(OCc1ccccc1)N1CC2[C@@H](C1)C[C@]2(F)Cc1ccccc1. The van der Waals surface area contributed by atoms with Gasteiger partial charge in [0.2, 0.25) is 0 Å². The van der Waals surface area contributed by atoms with E-state index in [0.29, 0.717) is 25.9 Å². The van der Waals surface area contributed by atoms with E-state index in [0.717, 1.165) is 11.1 Å². The first-order chi connectivity index (χ1) is 12.1. The second kappa shape index (κ2) is 6.51. The van der Waals surface area contributed by atoms with Crippen LogP contribution in [0.5, 0.6) is 0 Å². The molecule has 0 N–H and O–H groups in total. The molecule has 130 valence electrons. The van der Waals surface area contributed by atoms with Crippen molar-refractivity contribution in [2.75, 3.05) is 13.1 Å². The fourth-order valence-corrected chi connectivity index (χ4v) is 4.19. The van der Waals surface area contributed by atoms with Crippen molar-refractivity contribution < 1.29 is 13.9 Å². The van der Waals surface area contributed by atoms with Gasteiger partial charge in [-0.2, -0.15) is 0 Å². The van der Waals surface area contributed by atoms with Gasteiger partial charge in [0.05, 0.1) is 0 Å². The van der Waals surface area contributed by atoms with Gasteiger partial charge in [-0.25, -0.2) is 9.18 Å². The Balaban J connectivity index is 1.33. The van der Waals surface area contributed by atoms with Crippen molar-refractivity contribution in [1.82, 2.24) is 4.90 Å². The smallest absolute Gasteiger partial charge is 0.410 e. The van der Waals surface area contributed by atoms with E-state index in [1.807, 2.05) is 60.7 Å². The molecule has 1 aliphatic heterocycles. The van der Waals surface area contributed by atoms with E-state index in [1.165, 1.54) is 0 Å². The van der Waals surface area contributed by atoms with Gasteiger partial charge in [0.1, 0.15) is 12.3 Å². The normalized spacial score (nSPS) is 27.5. The lowest BCUT2D eigenvalue weighted by Gasteiger charge is -2.45. The van der Waals surface area contributed by atoms with Crippen LogP contribution in [0.25, 0.3) is 0 Å². The van der Waals surface area contributed by atoms with Gasteiger partial charge in [0.15, 0.2) is 0 Å². The standard InChI is InChI=1S/C21H22FNO2/c22-21(11-16-7-3-1-4-8-16)12-18-13-23(14-19(18)21)20(24)25-15-17-9-5-2-6-10-17/h1-10,18-19H,11-15H2/t18-,19?,21-/m1/s1. The fraction of sp³-hybridized carbons (Fsp3) is 0.381. The number of amides is 1. The number of hydrogen-bond acceptors (Lipinski definition) is 2. The van der Waals surface area contributed by atoms with Crippen molar-refractivity contribution in [2.45, 2.75) is 25.1 Å². The average molecular weight is 339 g/mol. The predicted octanol–water partition coefficient (Wildman–Crippen LogP) is 4.23. The Morgan fingerprint density at radius 3 is 2.36 bits per heavy atom. The van der Waals surface area contributed by atoms with Crippen molar-refractivity contribution >= 4 is 6.09 Å². The van der Waals surface area contributed by atoms with Crippen LogP contribution in [0.1, 0.15) is 17.5 Å². The highest BCUT2D eigenvalue weighted by Gasteiger charge is 2.59. The Bertz CT molecular complexity index is 736. The maximum Gasteiger partial charge on any atom is 0.410 e. The third-order valence-corrected chi connectivity index (χ3v) is 5.51. The molecule has 2 fully saturated rings. The minimum absolute atomic E-state index is 0.0722. The molecular weight excluding hydrogens is 317 g/mol. The molecule has 2 aromatic rings. The average Bonchev–Trinajstić information content (AvgIpc) is 3.00. The summed E-state index contributed by atoms with van der Waals surface area (Å²) in [6.07, 6.45) is 0.636. The quantitative estimate of drug-likeness (QED) is 0.834. The predicted molar refractivity (Wildman–Crippen MR) is 93.8 cm³/mol. The summed E-state index contributed by atoms with van der Waals surface area (Å²) < 4.78 is 20.6. The highest BCUT2D eigenvalue weighted by molar-refractivity contribution is 5.68. The summed E-state index contributed by atoms with van der Waals surface area (Å²) >= 11 is 0. The van der Waals surface area contributed by atoms with Gasteiger partial charge in [-0.1, -0.05) is 60.7 Å². The lowest BCUT2D eigenvalue weighted by molar-refractivity contribution is -0.0443. The number of benzene rings is 2. The number of ether oxygens (including phenoxy) is 1. The summed E-state index contributed by atoms with van der Waals surface area (Å²) in [5.41, 5.74) is 0.788. The van der Waals surface area contributed by atoms with Crippen molar-refractivity contribution in [3.63, 3.8) is 0 Å². The number of likely N-dealkylation sites (tertiary alicyclic amines) is 1. The first-order valence-corrected chi connectivity index (χ1v) is 8.82. The van der Waals surface area contributed by atoms with Crippen molar-refractivity contribution in [1.29, 1.82) is 0 Å². The van der Waals surface area contributed by atoms with E-state index in [-0.39, 0.29) is 24.5 Å². The molecule has 1 amide bonds. The van der Waals surface area contributed by atoms with Gasteiger partial charge in [0.25, 0.3) is 0 Å². The number of alkyl halides is 1. The van der Waals surface area contributed by atoms with Gasteiger partial charge in [-0.3, -0.25) is 0 Å². The molecule has 1 heterocycles. The molecule has 0 spiro atoms. The van der Waals surface area contributed by atoms with Gasteiger partial charge >= 0.3 is 6.09 Å². The monoisotopic (exact) mass is 339 g/mol. The summed E-state index contributed by atoms with van der Waals surface area (Å²) in [5.74, 6) is 0.190. The number of nitrogens with zero attached hydrogens (tertiary/aromatic N) is 1. The molecule has 1 saturated carbocycles. The molecule has 2 aliphatic rings. The van der Waals surface area contributed by atoms with E-state index >= 15 is 4.39 Å². The Morgan fingerprint density at radius 2 is 1.68 bits per heavy atom. The van der Waals surface area contributed by atoms with E-state index < -0.39 is 5.67 Å². The van der Waals surface area contributed by atoms with E-state index in [9.17, 15) is 4.79 Å². The number of carbonyl (C=O) groups excluding carboxylic acids is 1. The number of halogens is 1. The van der Waals surface area contributed by atoms with Crippen LogP contribution < -0.4 is 0 Å². The third-order valence-electron chi connectivity index (χ3n) is 5.51. The molecule has 4 heteroatoms. The van der Waals surface area contributed by atoms with Gasteiger partial charge in [-0.05, 0) is 23.5 Å². The van der Waals surface area contributed by atoms with Crippen LogP contribution in [0.3, 0.4) is 0 Å². The second-order valence-electron chi connectivity index (χ2n) is 7.21. The highest BCUT2D eigenvalue weighted by Crippen LogP contribution is 2.52. The number of rotatable bonds is 4. The largest absolute Gasteiger partial charge is 0.445 e. The molecule has 3 nitrogen and oxygen atoms in total. The van der Waals surface area contributed by atoms with Crippen LogP contribution in [0, 0.1) is 11.8 Å². The lowest BCUT2D eigenvalue weighted by atomic mass is 9.62. The Kier molecular flexibility index (Phi) is 4.20. The molecule has 0 radical (unpaired) electrons. The minimum atomic E-state index is -1.19. The Morgan fingerprint density at radius 1 is 1.04 bits per heavy atom. The zero-order chi connectivity index (χ0) is 17.3. The number of fused-ring (bicyclic) bond motifs is 1. The van der Waals surface area contributed by atoms with E-state index in [2.05, 4.69) is 0 Å². The molecule has 0 aromatic heterocycles. The summed E-state index contributed by atoms with van der Waals surface area (Å²) in [7, 11) is 0. The van der Waals surface area contributed by atoms with E-state index in [4.69, 9.17) is 4.74 Å². The topological polar surface area (TPSA) is 29.5 Å². The first kappa shape index (κ1) is 16.1. The summed E-state index contributed by atoms with van der Waals surface area (Å²) in [5, 5.41) is 0. The second-order valence-corrected chi connectivity index (χ2v) is 7.21. The highest BCUT2D eigenvalue weighted by atomic mass is 19.1. The number of carbonyl (C=O) groups is 1. The summed E-state index contributed by atoms with van der Waals surface area (Å²) in [4.78, 5) is 14.0. The van der Waals surface area contributed by atoms with Gasteiger partial charge in [0, 0.05) is 25.4 Å². The molecule has 1 saturated heterocycles. The minimum Gasteiger partial charge on any atom is -0.445 e. The molecule has 0 bridgehead atoms. The van der Waals surface area contributed by atoms with Gasteiger partial charge < -0.3 is 9.64 Å². The maximum absolute atomic E-state index is 15.3. The molecule has 4 rings (SSSR count). The van der Waals surface area contributed by atoms with Crippen LogP contribution in [-0.2, 0) is 17.8 Å². The fourth-order valence-electron chi connectivity index (χ4n) is 4.19. The van der Waals surface area contributed by atoms with Gasteiger partial charge in [-0.15, -0.1) is 0 Å². The van der Waals surface area contributed by atoms with Crippen LogP contribution in [0.2, 0.25) is 0 Å². The summed E-state index contributed by atoms with van der Waals surface area (Å²) in [6.45, 7) is 1.33. The first-order valence-electron chi connectivity index (χ1n) is 8.82. The van der Waals surface area contributed by atoms with E-state index in [1.54, 1.807) is 4.90 Å². The van der Waals surface area contributed by atoms with Crippen molar-refractivity contribution in [3.05, 3.63) is 71.8 Å². The molecule has 3 atom stereocenters. The zero-order valence-electron chi connectivity index (χ0n) is 14.1. The lowest BCUT2D eigenvalue weighted by Crippen LogP contribution is -2.51. The molecule has 25 heavy (non-hydrogen) atoms. The van der Waals surface area contributed by atoms with Crippen LogP contribution >= 0.6 is 0 Å².